The first kappa shape index (κ1) is 23.5. The number of allylic oxidation sites excluding steroid dienone is 5. The van der Waals surface area contributed by atoms with E-state index in [2.05, 4.69) is 65.5 Å². The molecule has 0 saturated heterocycles. The lowest BCUT2D eigenvalue weighted by atomic mass is 9.61. The van der Waals surface area contributed by atoms with E-state index < -0.39 is 12.2 Å². The van der Waals surface area contributed by atoms with Gasteiger partial charge in [-0.3, -0.25) is 0 Å². The minimum absolute atomic E-state index is 0.385. The van der Waals surface area contributed by atoms with Crippen LogP contribution in [-0.4, -0.2) is 22.4 Å². The summed E-state index contributed by atoms with van der Waals surface area (Å²) in [6.07, 6.45) is 15.8. The zero-order chi connectivity index (χ0) is 22.1. The molecule has 0 amide bonds. The number of aliphatic hydroxyl groups excluding tert-OH is 2. The number of rotatable bonds is 5. The monoisotopic (exact) mass is 412 g/mol. The van der Waals surface area contributed by atoms with E-state index in [1.54, 1.807) is 5.57 Å². The highest BCUT2D eigenvalue weighted by atomic mass is 16.3. The second-order valence-electron chi connectivity index (χ2n) is 11.0. The zero-order valence-electron chi connectivity index (χ0n) is 19.9. The molecule has 3 saturated carbocycles. The number of fused-ring (bicyclic) bond motifs is 1. The van der Waals surface area contributed by atoms with Crippen LogP contribution in [0.4, 0.5) is 0 Å². The molecular formula is C28H44O2. The standard InChI is InChI=1S/C28H44O2/c1-18(2)19(3)9-10-20(4)25-13-14-26-22(8-7-15-28(25,26)6)11-12-23-16-24(29)17-27(30)21(23)5/h9-12,18-20,24-27,29-30H,5,7-8,13-17H2,1-4,6H3/b10-9+,22-11-,23-12-/t19-,20+,24+,25+,26-,27+,28+/m0/s1. The molecule has 0 aromatic heterocycles. The first-order chi connectivity index (χ1) is 14.1. The molecule has 3 rings (SSSR count). The Balaban J connectivity index is 1.76. The SMILES string of the molecule is C=C1/C(=C\C=C2\CCC[C@]3(C)[C@@H]([C@H](C)/C=C/[C@H](C)C(C)C)CC[C@@H]23)C[C@@H](O)C[C@H]1O. The van der Waals surface area contributed by atoms with Crippen LogP contribution in [0.1, 0.15) is 79.6 Å². The van der Waals surface area contributed by atoms with E-state index >= 15 is 0 Å². The predicted molar refractivity (Wildman–Crippen MR) is 127 cm³/mol. The summed E-state index contributed by atoms with van der Waals surface area (Å²) in [7, 11) is 0. The molecule has 0 heterocycles. The second-order valence-corrected chi connectivity index (χ2v) is 11.0. The molecule has 3 aliphatic carbocycles. The van der Waals surface area contributed by atoms with Gasteiger partial charge in [0.15, 0.2) is 0 Å². The maximum atomic E-state index is 10.1. The van der Waals surface area contributed by atoms with E-state index in [-0.39, 0.29) is 0 Å². The van der Waals surface area contributed by atoms with Crippen LogP contribution in [0.2, 0.25) is 0 Å². The third-order valence-corrected chi connectivity index (χ3v) is 8.71. The van der Waals surface area contributed by atoms with Gasteiger partial charge < -0.3 is 10.2 Å². The van der Waals surface area contributed by atoms with Gasteiger partial charge >= 0.3 is 0 Å². The van der Waals surface area contributed by atoms with Crippen molar-refractivity contribution in [2.45, 2.75) is 91.8 Å². The van der Waals surface area contributed by atoms with Crippen LogP contribution in [0.5, 0.6) is 0 Å². The molecule has 30 heavy (non-hydrogen) atoms. The van der Waals surface area contributed by atoms with E-state index in [9.17, 15) is 10.2 Å². The summed E-state index contributed by atoms with van der Waals surface area (Å²) in [5.74, 6) is 3.38. The van der Waals surface area contributed by atoms with Gasteiger partial charge in [0.05, 0.1) is 12.2 Å². The largest absolute Gasteiger partial charge is 0.393 e. The Hall–Kier alpha value is -1.12. The van der Waals surface area contributed by atoms with Gasteiger partial charge in [-0.15, -0.1) is 0 Å². The van der Waals surface area contributed by atoms with Gasteiger partial charge in [0.1, 0.15) is 0 Å². The Morgan fingerprint density at radius 2 is 1.80 bits per heavy atom. The molecular weight excluding hydrogens is 368 g/mol. The topological polar surface area (TPSA) is 40.5 Å². The summed E-state index contributed by atoms with van der Waals surface area (Å²) in [5.41, 5.74) is 3.77. The zero-order valence-corrected chi connectivity index (χ0v) is 19.9. The van der Waals surface area contributed by atoms with Crippen LogP contribution in [-0.2, 0) is 0 Å². The fourth-order valence-corrected chi connectivity index (χ4v) is 6.32. The highest BCUT2D eigenvalue weighted by Gasteiger charge is 2.50. The lowest BCUT2D eigenvalue weighted by molar-refractivity contribution is 0.0862. The van der Waals surface area contributed by atoms with Crippen molar-refractivity contribution in [2.75, 3.05) is 0 Å². The average molecular weight is 413 g/mol. The van der Waals surface area contributed by atoms with Crippen LogP contribution >= 0.6 is 0 Å². The second kappa shape index (κ2) is 9.57. The van der Waals surface area contributed by atoms with Gasteiger partial charge in [0.25, 0.3) is 0 Å². The minimum Gasteiger partial charge on any atom is -0.393 e. The van der Waals surface area contributed by atoms with Crippen molar-refractivity contribution >= 4 is 0 Å². The quantitative estimate of drug-likeness (QED) is 0.499. The maximum absolute atomic E-state index is 10.1. The van der Waals surface area contributed by atoms with Crippen molar-refractivity contribution in [3.05, 3.63) is 47.6 Å². The molecule has 0 unspecified atom stereocenters. The molecule has 0 aromatic rings. The lowest BCUT2D eigenvalue weighted by Crippen LogP contribution is -2.35. The van der Waals surface area contributed by atoms with Crippen molar-refractivity contribution in [1.82, 2.24) is 0 Å². The molecule has 0 aromatic carbocycles. The Kier molecular flexibility index (Phi) is 7.51. The van der Waals surface area contributed by atoms with Crippen LogP contribution in [0.25, 0.3) is 0 Å². The fraction of sp³-hybridized carbons (Fsp3) is 0.714. The summed E-state index contributed by atoms with van der Waals surface area (Å²) >= 11 is 0. The lowest BCUT2D eigenvalue weighted by Gasteiger charge is -2.44. The fourth-order valence-electron chi connectivity index (χ4n) is 6.32. The van der Waals surface area contributed by atoms with Gasteiger partial charge in [-0.1, -0.05) is 71.1 Å². The molecule has 0 radical (unpaired) electrons. The van der Waals surface area contributed by atoms with Crippen molar-refractivity contribution in [2.24, 2.45) is 35.0 Å². The third-order valence-electron chi connectivity index (χ3n) is 8.71. The van der Waals surface area contributed by atoms with E-state index in [1.165, 1.54) is 32.1 Å². The van der Waals surface area contributed by atoms with Crippen molar-refractivity contribution in [1.29, 1.82) is 0 Å². The summed E-state index contributed by atoms with van der Waals surface area (Å²) in [4.78, 5) is 0. The van der Waals surface area contributed by atoms with E-state index in [4.69, 9.17) is 0 Å². The molecule has 7 atom stereocenters. The molecule has 168 valence electrons. The molecule has 0 spiro atoms. The number of hydrogen-bond donors (Lipinski definition) is 2. The summed E-state index contributed by atoms with van der Waals surface area (Å²) in [5, 5.41) is 20.2. The molecule has 3 aliphatic rings. The molecule has 0 bridgehead atoms. The van der Waals surface area contributed by atoms with Gasteiger partial charge in [-0.25, -0.2) is 0 Å². The minimum atomic E-state index is -0.605. The van der Waals surface area contributed by atoms with Crippen LogP contribution in [0.15, 0.2) is 47.6 Å². The van der Waals surface area contributed by atoms with E-state index in [1.807, 2.05) is 0 Å². The third kappa shape index (κ3) is 4.86. The number of aliphatic hydroxyl groups is 2. The normalized spacial score (nSPS) is 39.8. The molecule has 0 aliphatic heterocycles. The Labute approximate surface area is 184 Å². The van der Waals surface area contributed by atoms with Gasteiger partial charge in [-0.2, -0.15) is 0 Å². The Morgan fingerprint density at radius 1 is 1.07 bits per heavy atom. The summed E-state index contributed by atoms with van der Waals surface area (Å²) in [6.45, 7) is 16.0. The molecule has 2 N–H and O–H groups in total. The first-order valence-electron chi connectivity index (χ1n) is 12.3. The maximum Gasteiger partial charge on any atom is 0.0811 e. The van der Waals surface area contributed by atoms with Crippen molar-refractivity contribution < 1.29 is 10.2 Å². The average Bonchev–Trinajstić information content (AvgIpc) is 3.04. The molecule has 2 nitrogen and oxygen atoms in total. The van der Waals surface area contributed by atoms with Crippen LogP contribution in [0, 0.1) is 35.0 Å². The Morgan fingerprint density at radius 3 is 2.50 bits per heavy atom. The van der Waals surface area contributed by atoms with E-state index in [0.717, 1.165) is 17.1 Å². The first-order valence-corrected chi connectivity index (χ1v) is 12.3. The van der Waals surface area contributed by atoms with Crippen LogP contribution in [0.3, 0.4) is 0 Å². The van der Waals surface area contributed by atoms with Gasteiger partial charge in [0, 0.05) is 6.42 Å². The highest BCUT2D eigenvalue weighted by molar-refractivity contribution is 5.38. The smallest absolute Gasteiger partial charge is 0.0811 e. The summed E-state index contributed by atoms with van der Waals surface area (Å²) in [6, 6.07) is 0. The Bertz CT molecular complexity index is 712. The van der Waals surface area contributed by atoms with Gasteiger partial charge in [-0.05, 0) is 84.7 Å². The van der Waals surface area contributed by atoms with Crippen LogP contribution < -0.4 is 0 Å². The highest BCUT2D eigenvalue weighted by Crippen LogP contribution is 2.59. The number of hydrogen-bond acceptors (Lipinski definition) is 2. The van der Waals surface area contributed by atoms with E-state index in [0.29, 0.717) is 41.9 Å². The van der Waals surface area contributed by atoms with Gasteiger partial charge in [0.2, 0.25) is 0 Å². The predicted octanol–water partition coefficient (Wildman–Crippen LogP) is 6.61. The molecule has 3 fully saturated rings. The summed E-state index contributed by atoms with van der Waals surface area (Å²) < 4.78 is 0. The van der Waals surface area contributed by atoms with Crippen molar-refractivity contribution in [3.63, 3.8) is 0 Å². The van der Waals surface area contributed by atoms with Crippen molar-refractivity contribution in [3.8, 4) is 0 Å². The molecule has 2 heteroatoms.